The van der Waals surface area contributed by atoms with E-state index >= 15 is 0 Å². The Morgan fingerprint density at radius 1 is 1.13 bits per heavy atom. The molecule has 3 aromatic heterocycles. The van der Waals surface area contributed by atoms with E-state index in [1.807, 2.05) is 28.9 Å². The second-order valence-corrected chi connectivity index (χ2v) is 7.78. The van der Waals surface area contributed by atoms with Crippen molar-refractivity contribution >= 4 is 17.2 Å². The molecule has 5 rings (SSSR count). The van der Waals surface area contributed by atoms with Gasteiger partial charge in [-0.05, 0) is 48.9 Å². The summed E-state index contributed by atoms with van der Waals surface area (Å²) in [5.74, 6) is 0.644. The normalized spacial score (nSPS) is 18.5. The SMILES string of the molecule is O=C(NC1(CO)CCN(c2nccn3cccc23)C1)c1ccn(-c2ccc(O)cc2)n1. The Hall–Kier alpha value is -3.85. The number of phenols is 1. The summed E-state index contributed by atoms with van der Waals surface area (Å²) in [7, 11) is 0. The van der Waals surface area contributed by atoms with Crippen LogP contribution in [-0.2, 0) is 0 Å². The molecule has 31 heavy (non-hydrogen) atoms. The fraction of sp³-hybridized carbons (Fsp3) is 0.227. The molecule has 9 heteroatoms. The number of aromatic nitrogens is 4. The van der Waals surface area contributed by atoms with Crippen molar-refractivity contribution in [2.45, 2.75) is 12.0 Å². The zero-order valence-electron chi connectivity index (χ0n) is 16.7. The molecule has 1 aliphatic heterocycles. The summed E-state index contributed by atoms with van der Waals surface area (Å²) in [6.45, 7) is 0.935. The Balaban J connectivity index is 1.33. The fourth-order valence-corrected chi connectivity index (χ4v) is 4.02. The maximum absolute atomic E-state index is 12.9. The molecule has 1 aliphatic rings. The van der Waals surface area contributed by atoms with Gasteiger partial charge in [-0.3, -0.25) is 4.79 Å². The van der Waals surface area contributed by atoms with E-state index in [2.05, 4.69) is 20.3 Å². The number of anilines is 1. The Labute approximate surface area is 178 Å². The van der Waals surface area contributed by atoms with Crippen molar-refractivity contribution in [2.75, 3.05) is 24.6 Å². The van der Waals surface area contributed by atoms with E-state index in [0.29, 0.717) is 19.5 Å². The third kappa shape index (κ3) is 3.49. The number of aromatic hydroxyl groups is 1. The van der Waals surface area contributed by atoms with Gasteiger partial charge in [-0.2, -0.15) is 5.10 Å². The van der Waals surface area contributed by atoms with Gasteiger partial charge in [-0.15, -0.1) is 0 Å². The third-order valence-electron chi connectivity index (χ3n) is 5.70. The second-order valence-electron chi connectivity index (χ2n) is 7.78. The highest BCUT2D eigenvalue weighted by molar-refractivity contribution is 5.93. The van der Waals surface area contributed by atoms with Crippen LogP contribution < -0.4 is 10.2 Å². The van der Waals surface area contributed by atoms with Gasteiger partial charge in [0, 0.05) is 37.9 Å². The summed E-state index contributed by atoms with van der Waals surface area (Å²) >= 11 is 0. The summed E-state index contributed by atoms with van der Waals surface area (Å²) < 4.78 is 3.56. The number of carbonyl (C=O) groups excluding carboxylic acids is 1. The summed E-state index contributed by atoms with van der Waals surface area (Å²) in [5, 5.41) is 26.9. The molecule has 0 aliphatic carbocycles. The van der Waals surface area contributed by atoms with Gasteiger partial charge < -0.3 is 24.8 Å². The number of aliphatic hydroxyl groups is 1. The van der Waals surface area contributed by atoms with Crippen molar-refractivity contribution in [3.05, 3.63) is 72.9 Å². The first-order valence-corrected chi connectivity index (χ1v) is 10.0. The standard InChI is InChI=1S/C22H22N6O3/c29-15-22(8-12-27(14-22)20-19-2-1-10-26(19)13-9-23-20)24-21(31)18-7-11-28(25-18)16-3-5-17(30)6-4-16/h1-7,9-11,13,29-30H,8,12,14-15H2,(H,24,31). The number of amides is 1. The van der Waals surface area contributed by atoms with Crippen LogP contribution >= 0.6 is 0 Å². The number of aliphatic hydroxyl groups excluding tert-OH is 1. The smallest absolute Gasteiger partial charge is 0.272 e. The molecule has 0 spiro atoms. The van der Waals surface area contributed by atoms with Gasteiger partial charge in [-0.1, -0.05) is 0 Å². The van der Waals surface area contributed by atoms with Gasteiger partial charge in [0.2, 0.25) is 0 Å². The van der Waals surface area contributed by atoms with Crippen molar-refractivity contribution in [3.8, 4) is 11.4 Å². The van der Waals surface area contributed by atoms with Gasteiger partial charge in [0.15, 0.2) is 11.5 Å². The topological polar surface area (TPSA) is 108 Å². The number of phenolic OH excluding ortho intramolecular Hbond substituents is 1. The van der Waals surface area contributed by atoms with Crippen LogP contribution in [0.25, 0.3) is 11.2 Å². The molecule has 4 aromatic rings. The quantitative estimate of drug-likeness (QED) is 0.454. The Morgan fingerprint density at radius 2 is 1.97 bits per heavy atom. The number of nitrogens with one attached hydrogen (secondary N) is 1. The Kier molecular flexibility index (Phi) is 4.59. The zero-order valence-corrected chi connectivity index (χ0v) is 16.7. The van der Waals surface area contributed by atoms with E-state index in [1.54, 1.807) is 47.4 Å². The molecule has 1 saturated heterocycles. The van der Waals surface area contributed by atoms with Crippen molar-refractivity contribution in [2.24, 2.45) is 0 Å². The van der Waals surface area contributed by atoms with Crippen LogP contribution in [0.5, 0.6) is 5.75 Å². The first-order valence-electron chi connectivity index (χ1n) is 10.0. The summed E-state index contributed by atoms with van der Waals surface area (Å²) in [6.07, 6.45) is 7.88. The van der Waals surface area contributed by atoms with Crippen molar-refractivity contribution < 1.29 is 15.0 Å². The van der Waals surface area contributed by atoms with Gasteiger partial charge in [0.1, 0.15) is 5.75 Å². The largest absolute Gasteiger partial charge is 0.508 e. The first kappa shape index (κ1) is 19.1. The molecule has 1 unspecified atom stereocenters. The number of fused-ring (bicyclic) bond motifs is 1. The molecule has 1 atom stereocenters. The van der Waals surface area contributed by atoms with E-state index in [9.17, 15) is 15.0 Å². The van der Waals surface area contributed by atoms with Crippen LogP contribution in [-0.4, -0.2) is 60.5 Å². The van der Waals surface area contributed by atoms with E-state index in [1.165, 1.54) is 0 Å². The van der Waals surface area contributed by atoms with Crippen LogP contribution in [0, 0.1) is 0 Å². The van der Waals surface area contributed by atoms with Crippen molar-refractivity contribution in [1.29, 1.82) is 0 Å². The number of hydrogen-bond donors (Lipinski definition) is 3. The van der Waals surface area contributed by atoms with Crippen LogP contribution in [0.15, 0.2) is 67.3 Å². The molecular weight excluding hydrogens is 396 g/mol. The van der Waals surface area contributed by atoms with Gasteiger partial charge in [0.05, 0.1) is 23.3 Å². The van der Waals surface area contributed by atoms with Crippen molar-refractivity contribution in [1.82, 2.24) is 24.5 Å². The number of rotatable bonds is 5. The predicted octanol–water partition coefficient (Wildman–Crippen LogP) is 1.60. The molecule has 0 bridgehead atoms. The molecule has 0 radical (unpaired) electrons. The lowest BCUT2D eigenvalue weighted by molar-refractivity contribution is 0.0849. The minimum atomic E-state index is -0.777. The van der Waals surface area contributed by atoms with Crippen LogP contribution in [0.2, 0.25) is 0 Å². The average Bonchev–Trinajstić information content (AvgIpc) is 3.53. The Bertz CT molecular complexity index is 1230. The lowest BCUT2D eigenvalue weighted by atomic mass is 9.99. The maximum atomic E-state index is 12.9. The molecule has 1 fully saturated rings. The molecule has 4 heterocycles. The Morgan fingerprint density at radius 3 is 2.77 bits per heavy atom. The highest BCUT2D eigenvalue weighted by Crippen LogP contribution is 2.28. The maximum Gasteiger partial charge on any atom is 0.272 e. The molecular formula is C22H22N6O3. The summed E-state index contributed by atoms with van der Waals surface area (Å²) in [5.41, 5.74) is 1.19. The number of benzene rings is 1. The van der Waals surface area contributed by atoms with Gasteiger partial charge in [-0.25, -0.2) is 9.67 Å². The van der Waals surface area contributed by atoms with E-state index in [-0.39, 0.29) is 24.0 Å². The lowest BCUT2D eigenvalue weighted by Crippen LogP contribution is -2.53. The molecule has 0 saturated carbocycles. The molecule has 158 valence electrons. The minimum absolute atomic E-state index is 0.162. The van der Waals surface area contributed by atoms with Crippen molar-refractivity contribution in [3.63, 3.8) is 0 Å². The molecule has 1 amide bonds. The van der Waals surface area contributed by atoms with E-state index in [4.69, 9.17) is 0 Å². The highest BCUT2D eigenvalue weighted by Gasteiger charge is 2.40. The zero-order chi connectivity index (χ0) is 21.4. The second kappa shape index (κ2) is 7.44. The monoisotopic (exact) mass is 418 g/mol. The molecule has 9 nitrogen and oxygen atoms in total. The molecule has 3 N–H and O–H groups in total. The van der Waals surface area contributed by atoms with Gasteiger partial charge >= 0.3 is 0 Å². The third-order valence-corrected chi connectivity index (χ3v) is 5.70. The molecule has 1 aromatic carbocycles. The lowest BCUT2D eigenvalue weighted by Gasteiger charge is -2.28. The summed E-state index contributed by atoms with van der Waals surface area (Å²) in [4.78, 5) is 19.5. The number of hydrogen-bond acceptors (Lipinski definition) is 6. The summed E-state index contributed by atoms with van der Waals surface area (Å²) in [6, 6.07) is 12.1. The van der Waals surface area contributed by atoms with Gasteiger partial charge in [0.25, 0.3) is 5.91 Å². The van der Waals surface area contributed by atoms with Crippen LogP contribution in [0.4, 0.5) is 5.82 Å². The first-order chi connectivity index (χ1) is 15.1. The minimum Gasteiger partial charge on any atom is -0.508 e. The number of nitrogens with zero attached hydrogens (tertiary/aromatic N) is 5. The van der Waals surface area contributed by atoms with Crippen LogP contribution in [0.1, 0.15) is 16.9 Å². The fourth-order valence-electron chi connectivity index (χ4n) is 4.02. The van der Waals surface area contributed by atoms with Crippen LogP contribution in [0.3, 0.4) is 0 Å². The average molecular weight is 418 g/mol. The highest BCUT2D eigenvalue weighted by atomic mass is 16.3. The predicted molar refractivity (Wildman–Crippen MR) is 115 cm³/mol. The van der Waals surface area contributed by atoms with E-state index in [0.717, 1.165) is 17.0 Å². The van der Waals surface area contributed by atoms with E-state index < -0.39 is 5.54 Å². The number of carbonyl (C=O) groups is 1.